The van der Waals surface area contributed by atoms with Crippen molar-refractivity contribution in [3.05, 3.63) is 47.5 Å². The Kier molecular flexibility index (Phi) is 4.95. The Hall–Kier alpha value is -1.62. The highest BCUT2D eigenvalue weighted by atomic mass is 32.2. The van der Waals surface area contributed by atoms with Crippen LogP contribution in [-0.4, -0.2) is 11.5 Å². The molecular formula is C15H16F2N2S. The second-order valence-electron chi connectivity index (χ2n) is 4.45. The van der Waals surface area contributed by atoms with E-state index < -0.39 is 11.6 Å². The normalized spacial score (nSPS) is 10.6. The summed E-state index contributed by atoms with van der Waals surface area (Å²) in [6.07, 6.45) is 0.846. The number of aromatic nitrogens is 1. The maximum atomic E-state index is 13.8. The highest BCUT2D eigenvalue weighted by Gasteiger charge is 2.12. The fourth-order valence-electron chi connectivity index (χ4n) is 1.68. The molecule has 1 aromatic heterocycles. The van der Waals surface area contributed by atoms with Gasteiger partial charge in [-0.05, 0) is 25.5 Å². The fourth-order valence-corrected chi connectivity index (χ4v) is 2.59. The Morgan fingerprint density at radius 2 is 2.00 bits per heavy atom. The van der Waals surface area contributed by atoms with Crippen LogP contribution in [0.5, 0.6) is 0 Å². The minimum Gasteiger partial charge on any atom is -0.368 e. The Bertz CT molecular complexity index is 602. The van der Waals surface area contributed by atoms with E-state index in [-0.39, 0.29) is 10.8 Å². The molecule has 1 aromatic carbocycles. The number of anilines is 1. The van der Waals surface area contributed by atoms with Gasteiger partial charge in [-0.1, -0.05) is 36.4 Å². The highest BCUT2D eigenvalue weighted by Crippen LogP contribution is 2.30. The lowest BCUT2D eigenvalue weighted by Gasteiger charge is -2.09. The molecule has 0 spiro atoms. The van der Waals surface area contributed by atoms with Crippen molar-refractivity contribution in [1.29, 1.82) is 0 Å². The first kappa shape index (κ1) is 14.8. The molecule has 2 nitrogen and oxygen atoms in total. The van der Waals surface area contributed by atoms with Crippen LogP contribution >= 0.6 is 11.8 Å². The first-order valence-corrected chi connectivity index (χ1v) is 7.26. The predicted molar refractivity (Wildman–Crippen MR) is 78.2 cm³/mol. The summed E-state index contributed by atoms with van der Waals surface area (Å²) in [5.41, 5.74) is 1.09. The minimum atomic E-state index is -0.662. The van der Waals surface area contributed by atoms with Crippen LogP contribution in [0.4, 0.5) is 14.6 Å². The monoisotopic (exact) mass is 294 g/mol. The molecule has 1 N–H and O–H groups in total. The first-order valence-electron chi connectivity index (χ1n) is 6.44. The van der Waals surface area contributed by atoms with Gasteiger partial charge in [0.1, 0.15) is 5.03 Å². The summed E-state index contributed by atoms with van der Waals surface area (Å²) in [7, 11) is 0. The summed E-state index contributed by atoms with van der Waals surface area (Å²) in [6, 6.07) is 8.56. The van der Waals surface area contributed by atoms with E-state index in [1.165, 1.54) is 11.8 Å². The zero-order chi connectivity index (χ0) is 14.5. The van der Waals surface area contributed by atoms with Crippen LogP contribution in [0.3, 0.4) is 0 Å². The minimum absolute atomic E-state index is 0.100. The predicted octanol–water partition coefficient (Wildman–Crippen LogP) is 4.64. The van der Waals surface area contributed by atoms with Crippen LogP contribution in [0.15, 0.2) is 40.3 Å². The summed E-state index contributed by atoms with van der Waals surface area (Å²) in [4.78, 5) is 4.92. The van der Waals surface area contributed by atoms with Gasteiger partial charge in [0.25, 0.3) is 0 Å². The van der Waals surface area contributed by atoms with E-state index in [2.05, 4.69) is 10.3 Å². The van der Waals surface area contributed by atoms with Crippen LogP contribution in [0.2, 0.25) is 0 Å². The number of hydrogen-bond acceptors (Lipinski definition) is 3. The maximum Gasteiger partial charge on any atom is 0.168 e. The molecular weight excluding hydrogens is 278 g/mol. The average Bonchev–Trinajstić information content (AvgIpc) is 2.40. The van der Waals surface area contributed by atoms with Gasteiger partial charge in [0, 0.05) is 17.5 Å². The first-order chi connectivity index (χ1) is 9.60. The molecule has 5 heteroatoms. The number of rotatable bonds is 5. The van der Waals surface area contributed by atoms with Crippen molar-refractivity contribution in [2.24, 2.45) is 0 Å². The number of hydrogen-bond donors (Lipinski definition) is 1. The van der Waals surface area contributed by atoms with E-state index in [0.717, 1.165) is 22.9 Å². The third kappa shape index (κ3) is 3.70. The van der Waals surface area contributed by atoms with Crippen LogP contribution in [0.1, 0.15) is 18.9 Å². The smallest absolute Gasteiger partial charge is 0.168 e. The van der Waals surface area contributed by atoms with Gasteiger partial charge >= 0.3 is 0 Å². The Balaban J connectivity index is 2.26. The van der Waals surface area contributed by atoms with E-state index in [1.54, 1.807) is 0 Å². The van der Waals surface area contributed by atoms with Crippen LogP contribution in [-0.2, 0) is 0 Å². The number of nitrogens with zero attached hydrogens (tertiary/aromatic N) is 1. The number of aryl methyl sites for hydroxylation is 1. The van der Waals surface area contributed by atoms with Gasteiger partial charge in [-0.15, -0.1) is 0 Å². The van der Waals surface area contributed by atoms with Gasteiger partial charge in [-0.25, -0.2) is 13.8 Å². The van der Waals surface area contributed by atoms with Gasteiger partial charge in [0.15, 0.2) is 17.5 Å². The molecule has 0 unspecified atom stereocenters. The van der Waals surface area contributed by atoms with Crippen molar-refractivity contribution in [3.8, 4) is 0 Å². The van der Waals surface area contributed by atoms with Gasteiger partial charge < -0.3 is 5.32 Å². The quantitative estimate of drug-likeness (QED) is 0.869. The molecule has 0 aliphatic rings. The average molecular weight is 294 g/mol. The molecule has 0 bridgehead atoms. The topological polar surface area (TPSA) is 24.9 Å². The van der Waals surface area contributed by atoms with E-state index in [9.17, 15) is 8.78 Å². The van der Waals surface area contributed by atoms with E-state index in [0.29, 0.717) is 6.54 Å². The lowest BCUT2D eigenvalue weighted by molar-refractivity contribution is 0.551. The highest BCUT2D eigenvalue weighted by molar-refractivity contribution is 7.99. The molecule has 2 rings (SSSR count). The van der Waals surface area contributed by atoms with Gasteiger partial charge in [0.05, 0.1) is 0 Å². The summed E-state index contributed by atoms with van der Waals surface area (Å²) in [5, 5.41) is 3.04. The second kappa shape index (κ2) is 6.70. The number of pyridine rings is 1. The molecule has 2 aromatic rings. The zero-order valence-corrected chi connectivity index (χ0v) is 12.2. The van der Waals surface area contributed by atoms with Crippen molar-refractivity contribution in [2.45, 2.75) is 30.2 Å². The van der Waals surface area contributed by atoms with Gasteiger partial charge in [-0.2, -0.15) is 0 Å². The third-order valence-electron chi connectivity index (χ3n) is 2.64. The molecule has 0 aliphatic carbocycles. The standard InChI is InChI=1S/C15H16F2N2S/c1-3-7-18-14-12(16)9-13(17)15(19-14)20-11-6-4-5-10(2)8-11/h4-6,8-9H,3,7H2,1-2H3,(H,18,19). The maximum absolute atomic E-state index is 13.8. The van der Waals surface area contributed by atoms with E-state index >= 15 is 0 Å². The molecule has 20 heavy (non-hydrogen) atoms. The second-order valence-corrected chi connectivity index (χ2v) is 5.51. The summed E-state index contributed by atoms with van der Waals surface area (Å²) in [5.74, 6) is -1.20. The molecule has 0 fully saturated rings. The van der Waals surface area contributed by atoms with Crippen LogP contribution in [0.25, 0.3) is 0 Å². The summed E-state index contributed by atoms with van der Waals surface area (Å²) in [6.45, 7) is 4.54. The zero-order valence-electron chi connectivity index (χ0n) is 11.4. The molecule has 0 amide bonds. The largest absolute Gasteiger partial charge is 0.368 e. The van der Waals surface area contributed by atoms with E-state index in [4.69, 9.17) is 0 Å². The van der Waals surface area contributed by atoms with Crippen LogP contribution in [0, 0.1) is 18.6 Å². The Labute approximate surface area is 121 Å². The van der Waals surface area contributed by atoms with Crippen molar-refractivity contribution in [3.63, 3.8) is 0 Å². The lowest BCUT2D eigenvalue weighted by Crippen LogP contribution is -2.06. The molecule has 0 saturated heterocycles. The van der Waals surface area contributed by atoms with Crippen molar-refractivity contribution >= 4 is 17.6 Å². The van der Waals surface area contributed by atoms with Crippen molar-refractivity contribution < 1.29 is 8.78 Å². The van der Waals surface area contributed by atoms with Gasteiger partial charge in [0.2, 0.25) is 0 Å². The number of halogens is 2. The third-order valence-corrected chi connectivity index (χ3v) is 3.61. The Morgan fingerprint density at radius 3 is 2.70 bits per heavy atom. The fraction of sp³-hybridized carbons (Fsp3) is 0.267. The summed E-state index contributed by atoms with van der Waals surface area (Å²) >= 11 is 1.19. The van der Waals surface area contributed by atoms with E-state index in [1.807, 2.05) is 38.1 Å². The molecule has 1 heterocycles. The van der Waals surface area contributed by atoms with Crippen molar-refractivity contribution in [2.75, 3.05) is 11.9 Å². The molecule has 0 atom stereocenters. The number of nitrogens with one attached hydrogen (secondary N) is 1. The van der Waals surface area contributed by atoms with Gasteiger partial charge in [-0.3, -0.25) is 0 Å². The molecule has 106 valence electrons. The number of benzene rings is 1. The SMILES string of the molecule is CCCNc1nc(Sc2cccc(C)c2)c(F)cc1F. The molecule has 0 radical (unpaired) electrons. The molecule has 0 aliphatic heterocycles. The molecule has 0 saturated carbocycles. The lowest BCUT2D eigenvalue weighted by atomic mass is 10.2. The Morgan fingerprint density at radius 1 is 1.20 bits per heavy atom. The van der Waals surface area contributed by atoms with Crippen LogP contribution < -0.4 is 5.32 Å². The summed E-state index contributed by atoms with van der Waals surface area (Å²) < 4.78 is 27.4. The van der Waals surface area contributed by atoms with Crippen molar-refractivity contribution in [1.82, 2.24) is 4.98 Å².